The number of hydrogen-bond donors (Lipinski definition) is 2. The topological polar surface area (TPSA) is 121 Å². The summed E-state index contributed by atoms with van der Waals surface area (Å²) in [4.78, 5) is 13.6. The van der Waals surface area contributed by atoms with Crippen molar-refractivity contribution in [2.45, 2.75) is 12.8 Å². The maximum Gasteiger partial charge on any atom is 0.232 e. The summed E-state index contributed by atoms with van der Waals surface area (Å²) < 4.78 is 44.1. The molecule has 14 heteroatoms. The lowest BCUT2D eigenvalue weighted by Crippen LogP contribution is -2.44. The van der Waals surface area contributed by atoms with Crippen LogP contribution in [0, 0.1) is 0 Å². The Labute approximate surface area is 251 Å². The molecule has 0 aliphatic carbocycles. The normalized spacial score (nSPS) is 16.3. The standard InChI is InChI=1S/C28H36ClN7O5S/c1-34-9-11-36(12-10-34)24-17-25(39-3)22-16-26(24)41-14-6-5-13-40-19-7-8-21(23(15-19)35(2)42(4,37)38)31-27-20(29)18-30-28(32-22)33-27/h7-8,15-18H,5-6,9-14H2,1-4H3,(H2,30,31,32,33). The molecule has 3 aliphatic heterocycles. The van der Waals surface area contributed by atoms with Crippen LogP contribution < -0.4 is 34.0 Å². The van der Waals surface area contributed by atoms with Gasteiger partial charge in [-0.1, -0.05) is 11.6 Å². The lowest BCUT2D eigenvalue weighted by Gasteiger charge is -2.35. The molecule has 3 aliphatic rings. The number of aromatic nitrogens is 2. The van der Waals surface area contributed by atoms with Crippen LogP contribution in [0.2, 0.25) is 5.02 Å². The molecule has 42 heavy (non-hydrogen) atoms. The number of ether oxygens (including phenoxy) is 3. The van der Waals surface area contributed by atoms with E-state index in [1.807, 2.05) is 12.1 Å². The van der Waals surface area contributed by atoms with Gasteiger partial charge in [0.05, 0.1) is 55.5 Å². The third kappa shape index (κ3) is 6.85. The van der Waals surface area contributed by atoms with Crippen molar-refractivity contribution in [1.82, 2.24) is 14.9 Å². The van der Waals surface area contributed by atoms with Crippen LogP contribution in [0.5, 0.6) is 17.2 Å². The zero-order chi connectivity index (χ0) is 29.9. The van der Waals surface area contributed by atoms with Gasteiger partial charge in [0.2, 0.25) is 16.0 Å². The molecule has 1 fully saturated rings. The number of anilines is 6. The molecule has 3 aromatic rings. The van der Waals surface area contributed by atoms with E-state index in [1.54, 1.807) is 25.3 Å². The van der Waals surface area contributed by atoms with Crippen molar-refractivity contribution in [3.8, 4) is 17.2 Å². The molecule has 0 amide bonds. The molecule has 0 radical (unpaired) electrons. The Hall–Kier alpha value is -3.68. The molecule has 4 heterocycles. The number of sulfonamides is 1. The van der Waals surface area contributed by atoms with Gasteiger partial charge in [0, 0.05) is 51.4 Å². The second-order valence-corrected chi connectivity index (χ2v) is 12.7. The van der Waals surface area contributed by atoms with Gasteiger partial charge in [0.1, 0.15) is 22.3 Å². The highest BCUT2D eigenvalue weighted by Crippen LogP contribution is 2.41. The number of nitrogens with zero attached hydrogens (tertiary/aromatic N) is 5. The predicted octanol–water partition coefficient (Wildman–Crippen LogP) is 4.32. The molecule has 1 aromatic heterocycles. The van der Waals surface area contributed by atoms with Gasteiger partial charge >= 0.3 is 0 Å². The summed E-state index contributed by atoms with van der Waals surface area (Å²) >= 11 is 6.48. The van der Waals surface area contributed by atoms with E-state index in [1.165, 1.54) is 17.5 Å². The lowest BCUT2D eigenvalue weighted by molar-refractivity contribution is 0.265. The van der Waals surface area contributed by atoms with Crippen molar-refractivity contribution >= 4 is 56.1 Å². The molecule has 1 saturated heterocycles. The number of likely N-dealkylation sites (N-methyl/N-ethyl adjacent to an activating group) is 1. The minimum absolute atomic E-state index is 0.254. The second kappa shape index (κ2) is 12.7. The molecule has 0 unspecified atom stereocenters. The van der Waals surface area contributed by atoms with E-state index in [-0.39, 0.29) is 16.8 Å². The highest BCUT2D eigenvalue weighted by Gasteiger charge is 2.22. The first-order chi connectivity index (χ1) is 20.1. The first-order valence-corrected chi connectivity index (χ1v) is 15.9. The van der Waals surface area contributed by atoms with Crippen molar-refractivity contribution in [3.05, 3.63) is 41.6 Å². The van der Waals surface area contributed by atoms with Crippen molar-refractivity contribution < 1.29 is 22.6 Å². The minimum atomic E-state index is -3.57. The van der Waals surface area contributed by atoms with Gasteiger partial charge in [-0.25, -0.2) is 13.4 Å². The van der Waals surface area contributed by atoms with E-state index in [0.717, 1.165) is 56.7 Å². The monoisotopic (exact) mass is 617 g/mol. The van der Waals surface area contributed by atoms with Crippen LogP contribution >= 0.6 is 11.6 Å². The summed E-state index contributed by atoms with van der Waals surface area (Å²) in [7, 11) is 1.65. The van der Waals surface area contributed by atoms with Crippen LogP contribution in [-0.2, 0) is 10.0 Å². The van der Waals surface area contributed by atoms with Crippen molar-refractivity contribution in [2.75, 3.05) is 86.7 Å². The maximum atomic E-state index is 12.4. The van der Waals surface area contributed by atoms with Gasteiger partial charge < -0.3 is 34.6 Å². The Balaban J connectivity index is 1.54. The van der Waals surface area contributed by atoms with Crippen molar-refractivity contribution in [2.24, 2.45) is 0 Å². The minimum Gasteiger partial charge on any atom is -0.494 e. The molecule has 6 bridgehead atoms. The number of halogens is 1. The Morgan fingerprint density at radius 3 is 2.48 bits per heavy atom. The zero-order valence-corrected chi connectivity index (χ0v) is 25.8. The van der Waals surface area contributed by atoms with Gasteiger partial charge in [-0.3, -0.25) is 4.31 Å². The fourth-order valence-corrected chi connectivity index (χ4v) is 5.36. The summed E-state index contributed by atoms with van der Waals surface area (Å²) in [5.41, 5.74) is 2.46. The van der Waals surface area contributed by atoms with Gasteiger partial charge in [-0.05, 0) is 32.0 Å². The van der Waals surface area contributed by atoms with Crippen LogP contribution in [0.3, 0.4) is 0 Å². The van der Waals surface area contributed by atoms with E-state index >= 15 is 0 Å². The number of benzene rings is 2. The molecule has 0 saturated carbocycles. The molecule has 2 N–H and O–H groups in total. The molecule has 226 valence electrons. The number of fused-ring (bicyclic) bond motifs is 7. The number of hydrogen-bond acceptors (Lipinski definition) is 11. The SMILES string of the molecule is COc1cc(N2CCN(C)CC2)c2cc1Nc1ncc(Cl)c(n1)Nc1ccc(cc1N(C)S(C)(=O)=O)OCCCCO2. The fraction of sp³-hybridized carbons (Fsp3) is 0.429. The quantitative estimate of drug-likeness (QED) is 0.435. The van der Waals surface area contributed by atoms with E-state index in [4.69, 9.17) is 25.8 Å². The Bertz CT molecular complexity index is 1530. The Morgan fingerprint density at radius 2 is 1.76 bits per heavy atom. The van der Waals surface area contributed by atoms with Crippen LogP contribution in [0.15, 0.2) is 36.5 Å². The Morgan fingerprint density at radius 1 is 1.02 bits per heavy atom. The number of piperazine rings is 1. The molecular weight excluding hydrogens is 582 g/mol. The molecule has 6 rings (SSSR count). The molecule has 0 atom stereocenters. The second-order valence-electron chi connectivity index (χ2n) is 10.3. The molecule has 2 aromatic carbocycles. The fourth-order valence-electron chi connectivity index (χ4n) is 4.71. The number of rotatable bonds is 4. The smallest absolute Gasteiger partial charge is 0.232 e. The van der Waals surface area contributed by atoms with Gasteiger partial charge in [0.25, 0.3) is 0 Å². The van der Waals surface area contributed by atoms with Crippen LogP contribution in [0.1, 0.15) is 12.8 Å². The Kier molecular flexibility index (Phi) is 8.99. The molecule has 12 nitrogen and oxygen atoms in total. The summed E-state index contributed by atoms with van der Waals surface area (Å²) in [5.74, 6) is 2.44. The number of nitrogens with one attached hydrogen (secondary N) is 2. The van der Waals surface area contributed by atoms with E-state index in [2.05, 4.69) is 37.4 Å². The highest BCUT2D eigenvalue weighted by atomic mass is 35.5. The summed E-state index contributed by atoms with van der Waals surface area (Å²) in [6.07, 6.45) is 4.11. The first-order valence-electron chi connectivity index (χ1n) is 13.7. The molecule has 0 spiro atoms. The largest absolute Gasteiger partial charge is 0.494 e. The van der Waals surface area contributed by atoms with E-state index in [0.29, 0.717) is 41.8 Å². The maximum absolute atomic E-state index is 12.4. The van der Waals surface area contributed by atoms with E-state index in [9.17, 15) is 8.42 Å². The predicted molar refractivity (Wildman–Crippen MR) is 166 cm³/mol. The zero-order valence-electron chi connectivity index (χ0n) is 24.2. The van der Waals surface area contributed by atoms with Crippen molar-refractivity contribution in [3.63, 3.8) is 0 Å². The lowest BCUT2D eigenvalue weighted by atomic mass is 10.2. The van der Waals surface area contributed by atoms with Gasteiger partial charge in [-0.2, -0.15) is 4.98 Å². The van der Waals surface area contributed by atoms with Crippen LogP contribution in [0.25, 0.3) is 0 Å². The number of methoxy groups -OCH3 is 1. The van der Waals surface area contributed by atoms with Crippen LogP contribution in [0.4, 0.5) is 34.5 Å². The van der Waals surface area contributed by atoms with Crippen molar-refractivity contribution in [1.29, 1.82) is 0 Å². The summed E-state index contributed by atoms with van der Waals surface area (Å²) in [6, 6.07) is 9.07. The van der Waals surface area contributed by atoms with E-state index < -0.39 is 10.0 Å². The van der Waals surface area contributed by atoms with Crippen LogP contribution in [-0.4, -0.2) is 90.1 Å². The van der Waals surface area contributed by atoms with Gasteiger partial charge in [-0.15, -0.1) is 0 Å². The third-order valence-corrected chi connectivity index (χ3v) is 8.71. The average molecular weight is 618 g/mol. The first kappa shape index (κ1) is 29.8. The summed E-state index contributed by atoms with van der Waals surface area (Å²) in [5, 5.41) is 6.67. The molecular formula is C28H36ClN7O5S. The average Bonchev–Trinajstić information content (AvgIpc) is 2.96. The highest BCUT2D eigenvalue weighted by molar-refractivity contribution is 7.92. The third-order valence-electron chi connectivity index (χ3n) is 7.24. The summed E-state index contributed by atoms with van der Waals surface area (Å²) in [6.45, 7) is 4.59. The van der Waals surface area contributed by atoms with Gasteiger partial charge in [0.15, 0.2) is 5.82 Å².